The topological polar surface area (TPSA) is 102 Å². The Morgan fingerprint density at radius 3 is 2.82 bits per heavy atom. The Balaban J connectivity index is 1.52. The van der Waals surface area contributed by atoms with Crippen LogP contribution in [0.15, 0.2) is 51.6 Å². The van der Waals surface area contributed by atoms with Crippen LogP contribution in [-0.4, -0.2) is 33.9 Å². The minimum absolute atomic E-state index is 0.0528. The molecule has 2 aromatic heterocycles. The van der Waals surface area contributed by atoms with Crippen molar-refractivity contribution in [1.82, 2.24) is 20.2 Å². The second kappa shape index (κ2) is 9.27. The predicted octanol–water partition coefficient (Wildman–Crippen LogP) is 3.45. The van der Waals surface area contributed by atoms with Crippen LogP contribution in [0.3, 0.4) is 0 Å². The first-order chi connectivity index (χ1) is 16.5. The first-order valence-electron chi connectivity index (χ1n) is 11.1. The van der Waals surface area contributed by atoms with Crippen molar-refractivity contribution in [2.75, 3.05) is 12.4 Å². The lowest BCUT2D eigenvalue weighted by molar-refractivity contribution is -0.139. The molecular formula is C24H24N4O4S2. The molecule has 10 heteroatoms. The molecule has 1 aliphatic carbocycles. The van der Waals surface area contributed by atoms with Gasteiger partial charge in [-0.2, -0.15) is 0 Å². The highest BCUT2D eigenvalue weighted by Crippen LogP contribution is 2.36. The van der Waals surface area contributed by atoms with E-state index in [0.717, 1.165) is 40.6 Å². The van der Waals surface area contributed by atoms with Crippen LogP contribution in [0.1, 0.15) is 35.4 Å². The number of rotatable bonds is 6. The molecule has 0 fully saturated rings. The van der Waals surface area contributed by atoms with Gasteiger partial charge in [0.25, 0.3) is 5.56 Å². The summed E-state index contributed by atoms with van der Waals surface area (Å²) in [7, 11) is 1.71. The van der Waals surface area contributed by atoms with Gasteiger partial charge < -0.3 is 15.4 Å². The Morgan fingerprint density at radius 2 is 2.06 bits per heavy atom. The van der Waals surface area contributed by atoms with Crippen LogP contribution < -0.4 is 16.2 Å². The van der Waals surface area contributed by atoms with Crippen LogP contribution in [0.4, 0.5) is 4.79 Å². The van der Waals surface area contributed by atoms with Gasteiger partial charge in [-0.25, -0.2) is 14.6 Å². The van der Waals surface area contributed by atoms with Crippen molar-refractivity contribution in [2.24, 2.45) is 7.05 Å². The van der Waals surface area contributed by atoms with Crippen LogP contribution in [0.5, 0.6) is 0 Å². The summed E-state index contributed by atoms with van der Waals surface area (Å²) < 4.78 is 6.88. The number of thiophene rings is 1. The monoisotopic (exact) mass is 496 g/mol. The fourth-order valence-electron chi connectivity index (χ4n) is 4.45. The van der Waals surface area contributed by atoms with Crippen molar-refractivity contribution in [2.45, 2.75) is 37.4 Å². The summed E-state index contributed by atoms with van der Waals surface area (Å²) in [5.41, 5.74) is 2.67. The zero-order valence-electron chi connectivity index (χ0n) is 18.8. The quantitative estimate of drug-likeness (QED) is 0.308. The van der Waals surface area contributed by atoms with E-state index in [-0.39, 0.29) is 17.9 Å². The fourth-order valence-corrected chi connectivity index (χ4v) is 6.69. The molecule has 1 aliphatic heterocycles. The molecule has 1 atom stereocenters. The number of nitrogens with one attached hydrogen (secondary N) is 2. The molecule has 176 valence electrons. The molecule has 3 aromatic rings. The Hall–Kier alpha value is -3.11. The molecule has 1 unspecified atom stereocenters. The number of carbonyl (C=O) groups excluding carboxylic acids is 2. The zero-order chi connectivity index (χ0) is 23.8. The number of aryl methyl sites for hydroxylation is 2. The van der Waals surface area contributed by atoms with Gasteiger partial charge in [0.05, 0.1) is 23.6 Å². The van der Waals surface area contributed by atoms with E-state index in [1.54, 1.807) is 29.9 Å². The maximum Gasteiger partial charge on any atom is 0.338 e. The number of ether oxygens (including phenoxy) is 1. The van der Waals surface area contributed by atoms with Gasteiger partial charge in [0.1, 0.15) is 4.83 Å². The average molecular weight is 497 g/mol. The van der Waals surface area contributed by atoms with Gasteiger partial charge in [-0.3, -0.25) is 9.36 Å². The number of hydrogen-bond donors (Lipinski definition) is 2. The number of nitrogens with zero attached hydrogens (tertiary/aromatic N) is 2. The number of fused-ring (bicyclic) bond motifs is 3. The minimum Gasteiger partial charge on any atom is -0.463 e. The Kier molecular flexibility index (Phi) is 6.18. The van der Waals surface area contributed by atoms with E-state index >= 15 is 0 Å². The highest BCUT2D eigenvalue weighted by molar-refractivity contribution is 7.99. The molecule has 0 saturated heterocycles. The first kappa shape index (κ1) is 22.7. The summed E-state index contributed by atoms with van der Waals surface area (Å²) in [5, 5.41) is 6.87. The molecule has 3 heterocycles. The van der Waals surface area contributed by atoms with Crippen molar-refractivity contribution in [1.29, 1.82) is 0 Å². The van der Waals surface area contributed by atoms with Crippen molar-refractivity contribution in [3.63, 3.8) is 0 Å². The molecule has 34 heavy (non-hydrogen) atoms. The Labute approximate surface area is 204 Å². The standard InChI is InChI=1S/C24H24N4O4S2/c1-3-32-22(30)18-15(25-23(31)26-19(18)13-8-5-4-6-9-13)12-33-24-27-20-17(21(29)28(24)2)14-10-7-11-16(14)34-20/h4-6,8-9,19H,3,7,10-12H2,1-2H3,(H2,25,26,31). The van der Waals surface area contributed by atoms with E-state index in [1.165, 1.54) is 16.6 Å². The molecular weight excluding hydrogens is 472 g/mol. The second-order valence-corrected chi connectivity index (χ2v) is 10.2. The van der Waals surface area contributed by atoms with E-state index in [1.807, 2.05) is 30.3 Å². The number of carbonyl (C=O) groups is 2. The SMILES string of the molecule is CCOC(=O)C1=C(CSc2nc3sc4c(c3c(=O)n2C)CCC4)NC(=O)NC1c1ccccc1. The van der Waals surface area contributed by atoms with Crippen LogP contribution in [-0.2, 0) is 29.4 Å². The third-order valence-corrected chi connectivity index (χ3v) is 8.27. The first-order valence-corrected chi connectivity index (χ1v) is 12.9. The third-order valence-electron chi connectivity index (χ3n) is 6.03. The van der Waals surface area contributed by atoms with Crippen LogP contribution in [0, 0.1) is 0 Å². The number of urea groups is 1. The number of hydrogen-bond acceptors (Lipinski definition) is 7. The lowest BCUT2D eigenvalue weighted by Gasteiger charge is -2.29. The van der Waals surface area contributed by atoms with Crippen LogP contribution in [0.25, 0.3) is 10.2 Å². The molecule has 0 spiro atoms. The Morgan fingerprint density at radius 1 is 1.26 bits per heavy atom. The van der Waals surface area contributed by atoms with E-state index in [2.05, 4.69) is 10.6 Å². The van der Waals surface area contributed by atoms with E-state index in [0.29, 0.717) is 16.4 Å². The summed E-state index contributed by atoms with van der Waals surface area (Å²) in [6, 6.07) is 8.26. The van der Waals surface area contributed by atoms with Gasteiger partial charge in [0.2, 0.25) is 0 Å². The van der Waals surface area contributed by atoms with Gasteiger partial charge in [0, 0.05) is 23.4 Å². The lowest BCUT2D eigenvalue weighted by Crippen LogP contribution is -2.46. The highest BCUT2D eigenvalue weighted by atomic mass is 32.2. The molecule has 2 amide bonds. The molecule has 5 rings (SSSR count). The van der Waals surface area contributed by atoms with Crippen molar-refractivity contribution in [3.05, 3.63) is 68.0 Å². The average Bonchev–Trinajstić information content (AvgIpc) is 3.42. The van der Waals surface area contributed by atoms with Crippen LogP contribution >= 0.6 is 23.1 Å². The number of esters is 1. The van der Waals surface area contributed by atoms with Crippen molar-refractivity contribution >= 4 is 45.3 Å². The maximum atomic E-state index is 13.1. The van der Waals surface area contributed by atoms with Gasteiger partial charge >= 0.3 is 12.0 Å². The smallest absolute Gasteiger partial charge is 0.338 e. The van der Waals surface area contributed by atoms with Crippen molar-refractivity contribution < 1.29 is 14.3 Å². The second-order valence-electron chi connectivity index (χ2n) is 8.14. The summed E-state index contributed by atoms with van der Waals surface area (Å²) >= 11 is 2.90. The normalized spacial score (nSPS) is 17.5. The number of amides is 2. The van der Waals surface area contributed by atoms with Crippen LogP contribution in [0.2, 0.25) is 0 Å². The number of thioether (sulfide) groups is 1. The molecule has 2 aliphatic rings. The van der Waals surface area contributed by atoms with E-state index in [9.17, 15) is 14.4 Å². The van der Waals surface area contributed by atoms with Crippen molar-refractivity contribution in [3.8, 4) is 0 Å². The molecule has 8 nitrogen and oxygen atoms in total. The minimum atomic E-state index is -0.635. The maximum absolute atomic E-state index is 13.1. The largest absolute Gasteiger partial charge is 0.463 e. The third kappa shape index (κ3) is 4.01. The van der Waals surface area contributed by atoms with Gasteiger partial charge in [-0.1, -0.05) is 42.1 Å². The summed E-state index contributed by atoms with van der Waals surface area (Å²) in [6.45, 7) is 1.96. The van der Waals surface area contributed by atoms with Gasteiger partial charge in [0.15, 0.2) is 5.16 Å². The molecule has 0 radical (unpaired) electrons. The summed E-state index contributed by atoms with van der Waals surface area (Å²) in [4.78, 5) is 45.3. The van der Waals surface area contributed by atoms with E-state index in [4.69, 9.17) is 9.72 Å². The molecule has 0 saturated carbocycles. The lowest BCUT2D eigenvalue weighted by atomic mass is 9.95. The predicted molar refractivity (Wildman–Crippen MR) is 132 cm³/mol. The fraction of sp³-hybridized carbons (Fsp3) is 0.333. The van der Waals surface area contributed by atoms with Gasteiger partial charge in [-0.15, -0.1) is 11.3 Å². The molecule has 0 bridgehead atoms. The number of aromatic nitrogens is 2. The molecule has 1 aromatic carbocycles. The Bertz CT molecular complexity index is 1380. The number of benzene rings is 1. The van der Waals surface area contributed by atoms with E-state index < -0.39 is 18.0 Å². The molecule has 2 N–H and O–H groups in total. The summed E-state index contributed by atoms with van der Waals surface area (Å²) in [6.07, 6.45) is 3.00. The summed E-state index contributed by atoms with van der Waals surface area (Å²) in [5.74, 6) is -0.242. The van der Waals surface area contributed by atoms with Gasteiger partial charge in [-0.05, 0) is 37.3 Å². The zero-order valence-corrected chi connectivity index (χ0v) is 20.5. The highest BCUT2D eigenvalue weighted by Gasteiger charge is 2.34.